The highest BCUT2D eigenvalue weighted by molar-refractivity contribution is 5.73. The van der Waals surface area contributed by atoms with Crippen molar-refractivity contribution < 1.29 is 4.74 Å². The second-order valence-electron chi connectivity index (χ2n) is 2.05. The van der Waals surface area contributed by atoms with Crippen LogP contribution in [0.5, 0.6) is 0 Å². The molecule has 0 aliphatic carbocycles. The second kappa shape index (κ2) is 6.51. The normalized spacial score (nSPS) is 16.9. The van der Waals surface area contributed by atoms with Crippen LogP contribution < -0.4 is 11.1 Å². The summed E-state index contributed by atoms with van der Waals surface area (Å²) >= 11 is 0. The fourth-order valence-electron chi connectivity index (χ4n) is 0.516. The van der Waals surface area contributed by atoms with Crippen molar-refractivity contribution in [1.29, 1.82) is 5.41 Å². The van der Waals surface area contributed by atoms with E-state index in [1.165, 1.54) is 6.92 Å². The molecule has 1 aliphatic heterocycles. The summed E-state index contributed by atoms with van der Waals surface area (Å²) in [6, 6.07) is 0. The summed E-state index contributed by atoms with van der Waals surface area (Å²) in [5, 5.41) is 9.44. The van der Waals surface area contributed by atoms with Gasteiger partial charge in [-0.15, -0.1) is 0 Å². The number of nitrogens with two attached hydrogens (primary N) is 1. The first-order valence-electron chi connectivity index (χ1n) is 3.32. The average Bonchev–Trinajstić information content (AvgIpc) is 1.90. The highest BCUT2D eigenvalue weighted by Gasteiger charge is 1.92. The maximum absolute atomic E-state index is 6.28. The Labute approximate surface area is 61.3 Å². The van der Waals surface area contributed by atoms with Crippen LogP contribution in [0.25, 0.3) is 0 Å². The third-order valence-electron chi connectivity index (χ3n) is 0.846. The van der Waals surface area contributed by atoms with Gasteiger partial charge in [0, 0.05) is 13.1 Å². The molecule has 1 rings (SSSR count). The molecule has 4 nitrogen and oxygen atoms in total. The summed E-state index contributed by atoms with van der Waals surface area (Å²) in [5.41, 5.74) is 4.69. The van der Waals surface area contributed by atoms with E-state index in [1.54, 1.807) is 0 Å². The number of hydrogen-bond acceptors (Lipinski definition) is 3. The largest absolute Gasteiger partial charge is 0.388 e. The zero-order chi connectivity index (χ0) is 7.82. The van der Waals surface area contributed by atoms with Crippen LogP contribution in [0.15, 0.2) is 0 Å². The Kier molecular flexibility index (Phi) is 6.11. The van der Waals surface area contributed by atoms with Crippen molar-refractivity contribution in [3.05, 3.63) is 0 Å². The molecule has 10 heavy (non-hydrogen) atoms. The Morgan fingerprint density at radius 3 is 2.00 bits per heavy atom. The van der Waals surface area contributed by atoms with Gasteiger partial charge in [-0.25, -0.2) is 0 Å². The van der Waals surface area contributed by atoms with Gasteiger partial charge in [-0.3, -0.25) is 5.41 Å². The summed E-state index contributed by atoms with van der Waals surface area (Å²) < 4.78 is 5.01. The lowest BCUT2D eigenvalue weighted by Gasteiger charge is -2.10. The predicted molar refractivity (Wildman–Crippen MR) is 41.3 cm³/mol. The first kappa shape index (κ1) is 9.39. The fourth-order valence-corrected chi connectivity index (χ4v) is 0.516. The van der Waals surface area contributed by atoms with Crippen molar-refractivity contribution in [1.82, 2.24) is 5.32 Å². The van der Waals surface area contributed by atoms with Crippen LogP contribution in [-0.4, -0.2) is 32.1 Å². The lowest BCUT2D eigenvalue weighted by Crippen LogP contribution is -2.30. The molecule has 1 heterocycles. The van der Waals surface area contributed by atoms with Crippen molar-refractivity contribution in [3.8, 4) is 0 Å². The SMILES string of the molecule is C1COCCN1.CC(=N)N. The van der Waals surface area contributed by atoms with Gasteiger partial charge in [0.15, 0.2) is 0 Å². The Balaban J connectivity index is 0.000000180. The number of rotatable bonds is 0. The Morgan fingerprint density at radius 1 is 1.50 bits per heavy atom. The predicted octanol–water partition coefficient (Wildman–Crippen LogP) is -0.452. The summed E-state index contributed by atoms with van der Waals surface area (Å²) in [6.45, 7) is 5.36. The van der Waals surface area contributed by atoms with Gasteiger partial charge in [0.05, 0.1) is 19.0 Å². The minimum Gasteiger partial charge on any atom is -0.388 e. The third kappa shape index (κ3) is 10.4. The molecule has 0 bridgehead atoms. The third-order valence-corrected chi connectivity index (χ3v) is 0.846. The fraction of sp³-hybridized carbons (Fsp3) is 0.833. The zero-order valence-corrected chi connectivity index (χ0v) is 6.31. The molecule has 0 amide bonds. The van der Waals surface area contributed by atoms with E-state index in [4.69, 9.17) is 15.9 Å². The minimum atomic E-state index is 0.167. The van der Waals surface area contributed by atoms with E-state index < -0.39 is 0 Å². The van der Waals surface area contributed by atoms with Gasteiger partial charge >= 0.3 is 0 Å². The first-order valence-corrected chi connectivity index (χ1v) is 3.32. The van der Waals surface area contributed by atoms with Crippen molar-refractivity contribution >= 4 is 5.84 Å². The van der Waals surface area contributed by atoms with Gasteiger partial charge in [0.25, 0.3) is 0 Å². The number of ether oxygens (including phenoxy) is 1. The van der Waals surface area contributed by atoms with Gasteiger partial charge in [-0.2, -0.15) is 0 Å². The van der Waals surface area contributed by atoms with E-state index in [1.807, 2.05) is 0 Å². The van der Waals surface area contributed by atoms with Crippen LogP contribution in [0, 0.1) is 5.41 Å². The lowest BCUT2D eigenvalue weighted by molar-refractivity contribution is 0.109. The quantitative estimate of drug-likeness (QED) is 0.319. The highest BCUT2D eigenvalue weighted by atomic mass is 16.5. The average molecular weight is 145 g/mol. The molecular formula is C6H15N3O. The van der Waals surface area contributed by atoms with Crippen molar-refractivity contribution in [2.75, 3.05) is 26.3 Å². The van der Waals surface area contributed by atoms with Gasteiger partial charge in [0.1, 0.15) is 0 Å². The van der Waals surface area contributed by atoms with Crippen molar-refractivity contribution in [3.63, 3.8) is 0 Å². The van der Waals surface area contributed by atoms with Crippen LogP contribution in [-0.2, 0) is 4.74 Å². The molecule has 0 aromatic rings. The summed E-state index contributed by atoms with van der Waals surface area (Å²) in [4.78, 5) is 0. The van der Waals surface area contributed by atoms with E-state index in [0.717, 1.165) is 26.3 Å². The molecule has 1 saturated heterocycles. The summed E-state index contributed by atoms with van der Waals surface area (Å²) in [6.07, 6.45) is 0. The maximum atomic E-state index is 6.28. The Hall–Kier alpha value is -0.610. The molecule has 60 valence electrons. The Morgan fingerprint density at radius 2 is 1.90 bits per heavy atom. The summed E-state index contributed by atoms with van der Waals surface area (Å²) in [5.74, 6) is 0.167. The first-order chi connectivity index (χ1) is 4.73. The smallest absolute Gasteiger partial charge is 0.0873 e. The molecule has 0 radical (unpaired) electrons. The standard InChI is InChI=1S/C4H9NO.C2H6N2/c1-3-6-4-2-5-1;1-2(3)4/h5H,1-4H2;1H3,(H3,3,4). The van der Waals surface area contributed by atoms with Crippen LogP contribution >= 0.6 is 0 Å². The number of nitrogens with one attached hydrogen (secondary N) is 2. The van der Waals surface area contributed by atoms with Crippen LogP contribution in [0.2, 0.25) is 0 Å². The molecule has 0 spiro atoms. The van der Waals surface area contributed by atoms with E-state index in [0.29, 0.717) is 0 Å². The summed E-state index contributed by atoms with van der Waals surface area (Å²) in [7, 11) is 0. The number of morpholine rings is 1. The molecule has 0 unspecified atom stereocenters. The number of hydrogen-bond donors (Lipinski definition) is 3. The highest BCUT2D eigenvalue weighted by Crippen LogP contribution is 1.76. The zero-order valence-electron chi connectivity index (χ0n) is 6.31. The van der Waals surface area contributed by atoms with E-state index >= 15 is 0 Å². The van der Waals surface area contributed by atoms with Gasteiger partial charge in [0.2, 0.25) is 0 Å². The van der Waals surface area contributed by atoms with Crippen LogP contribution in [0.4, 0.5) is 0 Å². The minimum absolute atomic E-state index is 0.167. The maximum Gasteiger partial charge on any atom is 0.0873 e. The van der Waals surface area contributed by atoms with Gasteiger partial charge < -0.3 is 15.8 Å². The monoisotopic (exact) mass is 145 g/mol. The molecule has 1 aliphatic rings. The topological polar surface area (TPSA) is 71.1 Å². The van der Waals surface area contributed by atoms with E-state index in [9.17, 15) is 0 Å². The van der Waals surface area contributed by atoms with Gasteiger partial charge in [-0.1, -0.05) is 0 Å². The molecule has 0 atom stereocenters. The molecule has 4 N–H and O–H groups in total. The van der Waals surface area contributed by atoms with Gasteiger partial charge in [-0.05, 0) is 6.92 Å². The van der Waals surface area contributed by atoms with Crippen LogP contribution in [0.1, 0.15) is 6.92 Å². The molecule has 0 aromatic heterocycles. The van der Waals surface area contributed by atoms with Crippen LogP contribution in [0.3, 0.4) is 0 Å². The Bertz CT molecular complexity index is 75.5. The van der Waals surface area contributed by atoms with Crippen molar-refractivity contribution in [2.24, 2.45) is 5.73 Å². The van der Waals surface area contributed by atoms with E-state index in [2.05, 4.69) is 5.32 Å². The van der Waals surface area contributed by atoms with E-state index in [-0.39, 0.29) is 5.84 Å². The molecular weight excluding hydrogens is 130 g/mol. The molecule has 0 aromatic carbocycles. The molecule has 0 saturated carbocycles. The lowest BCUT2D eigenvalue weighted by atomic mass is 10.5. The molecule has 4 heteroatoms. The molecule has 1 fully saturated rings. The van der Waals surface area contributed by atoms with Crippen molar-refractivity contribution in [2.45, 2.75) is 6.92 Å². The second-order valence-corrected chi connectivity index (χ2v) is 2.05. The number of amidine groups is 1.